The number of likely N-dealkylation sites (tertiary alicyclic amines) is 1. The van der Waals surface area contributed by atoms with Crippen molar-refractivity contribution in [1.29, 1.82) is 0 Å². The summed E-state index contributed by atoms with van der Waals surface area (Å²) in [6.45, 7) is 2.96. The van der Waals surface area contributed by atoms with Gasteiger partial charge in [0, 0.05) is 43.9 Å². The van der Waals surface area contributed by atoms with Crippen LogP contribution in [-0.4, -0.2) is 41.6 Å². The van der Waals surface area contributed by atoms with Crippen molar-refractivity contribution in [2.24, 2.45) is 11.8 Å². The third-order valence-electron chi connectivity index (χ3n) is 7.56. The molecule has 0 bridgehead atoms. The largest absolute Gasteiger partial charge is 0.375 e. The number of aliphatic hydroxyl groups is 1. The molecule has 2 aliphatic carbocycles. The molecule has 4 heteroatoms. The predicted octanol–water partition coefficient (Wildman–Crippen LogP) is 4.39. The summed E-state index contributed by atoms with van der Waals surface area (Å²) < 4.78 is 0. The Morgan fingerprint density at radius 1 is 1.06 bits per heavy atom. The molecule has 0 aromatic heterocycles. The molecule has 2 N–H and O–H groups in total. The van der Waals surface area contributed by atoms with E-state index < -0.39 is 5.60 Å². The lowest BCUT2D eigenvalue weighted by Crippen LogP contribution is -2.54. The first-order chi connectivity index (χ1) is 15.7. The van der Waals surface area contributed by atoms with E-state index in [-0.39, 0.29) is 17.9 Å². The maximum atomic E-state index is 13.4. The van der Waals surface area contributed by atoms with Crippen LogP contribution in [0, 0.1) is 23.7 Å². The van der Waals surface area contributed by atoms with Crippen LogP contribution in [0.4, 0.5) is 0 Å². The minimum absolute atomic E-state index is 0.00298. The van der Waals surface area contributed by atoms with Crippen molar-refractivity contribution >= 4 is 5.91 Å². The fraction of sp³-hybridized carbons (Fsp3) is 0.607. The molecule has 1 saturated heterocycles. The van der Waals surface area contributed by atoms with Crippen LogP contribution in [0.15, 0.2) is 42.5 Å². The molecule has 1 aliphatic heterocycles. The third-order valence-corrected chi connectivity index (χ3v) is 7.56. The average Bonchev–Trinajstić information content (AvgIpc) is 3.39. The predicted molar refractivity (Wildman–Crippen MR) is 129 cm³/mol. The molecule has 2 atom stereocenters. The molecule has 32 heavy (non-hydrogen) atoms. The number of carbonyl (C=O) groups is 1. The lowest BCUT2D eigenvalue weighted by atomic mass is 9.79. The van der Waals surface area contributed by atoms with Gasteiger partial charge >= 0.3 is 0 Å². The monoisotopic (exact) mass is 434 g/mol. The maximum Gasteiger partial charge on any atom is 0.257 e. The molecule has 2 unspecified atom stereocenters. The number of carbonyl (C=O) groups excluding carboxylic acids is 1. The zero-order chi connectivity index (χ0) is 22.2. The summed E-state index contributed by atoms with van der Waals surface area (Å²) in [6, 6.07) is 9.68. The zero-order valence-corrected chi connectivity index (χ0v) is 19.3. The number of rotatable bonds is 6. The second-order valence-corrected chi connectivity index (χ2v) is 9.76. The molecular weight excluding hydrogens is 396 g/mol. The molecule has 4 rings (SSSR count). The Morgan fingerprint density at radius 2 is 1.81 bits per heavy atom. The van der Waals surface area contributed by atoms with Gasteiger partial charge in [-0.2, -0.15) is 0 Å². The molecule has 1 heterocycles. The topological polar surface area (TPSA) is 52.6 Å². The van der Waals surface area contributed by atoms with Crippen LogP contribution in [0.5, 0.6) is 0 Å². The fourth-order valence-electron chi connectivity index (χ4n) is 5.54. The molecule has 1 aromatic carbocycles. The lowest BCUT2D eigenvalue weighted by molar-refractivity contribution is -0.148. The number of hydrogen-bond donors (Lipinski definition) is 2. The van der Waals surface area contributed by atoms with Gasteiger partial charge in [0.1, 0.15) is 0 Å². The summed E-state index contributed by atoms with van der Waals surface area (Å²) in [5, 5.41) is 14.9. The van der Waals surface area contributed by atoms with Gasteiger partial charge in [0.2, 0.25) is 0 Å². The highest BCUT2D eigenvalue weighted by Crippen LogP contribution is 2.41. The van der Waals surface area contributed by atoms with Gasteiger partial charge in [-0.1, -0.05) is 61.2 Å². The fourth-order valence-corrected chi connectivity index (χ4v) is 5.54. The maximum absolute atomic E-state index is 13.4. The summed E-state index contributed by atoms with van der Waals surface area (Å²) in [5.41, 5.74) is -0.687. The highest BCUT2D eigenvalue weighted by atomic mass is 16.3. The van der Waals surface area contributed by atoms with Crippen molar-refractivity contribution in [3.05, 3.63) is 48.0 Å². The normalized spacial score (nSPS) is 24.5. The number of amides is 1. The molecular formula is C28H38N2O2. The van der Waals surface area contributed by atoms with Gasteiger partial charge in [-0.15, -0.1) is 5.92 Å². The number of benzene rings is 1. The second-order valence-electron chi connectivity index (χ2n) is 9.76. The van der Waals surface area contributed by atoms with E-state index in [0.717, 1.165) is 76.6 Å². The first-order valence-corrected chi connectivity index (χ1v) is 12.6. The molecule has 1 amide bonds. The Balaban J connectivity index is 1.27. The van der Waals surface area contributed by atoms with Crippen molar-refractivity contribution in [1.82, 2.24) is 10.2 Å². The van der Waals surface area contributed by atoms with Gasteiger partial charge in [0.25, 0.3) is 5.91 Å². The Kier molecular flexibility index (Phi) is 8.05. The van der Waals surface area contributed by atoms with Gasteiger partial charge in [-0.3, -0.25) is 4.79 Å². The first kappa shape index (κ1) is 23.1. The highest BCUT2D eigenvalue weighted by Gasteiger charge is 2.46. The van der Waals surface area contributed by atoms with Gasteiger partial charge in [-0.05, 0) is 50.5 Å². The number of piperidine rings is 1. The van der Waals surface area contributed by atoms with Crippen LogP contribution in [0.1, 0.15) is 69.8 Å². The summed E-state index contributed by atoms with van der Waals surface area (Å²) in [7, 11) is 0. The summed E-state index contributed by atoms with van der Waals surface area (Å²) in [5.74, 6) is 7.17. The number of allylic oxidation sites excluding steroid dienone is 2. The molecule has 3 aliphatic rings. The molecule has 1 saturated carbocycles. The van der Waals surface area contributed by atoms with Crippen molar-refractivity contribution in [2.75, 3.05) is 19.6 Å². The molecule has 4 nitrogen and oxygen atoms in total. The van der Waals surface area contributed by atoms with Crippen molar-refractivity contribution in [3.8, 4) is 11.8 Å². The Bertz CT molecular complexity index is 826. The molecule has 172 valence electrons. The standard InChI is InChI=1S/C28H38N2O2/c31-27(28(32,25-16-7-8-17-25)24-14-5-2-6-15-24)29-26-18-21-30(22-19-26)20-10-9-13-23-11-3-1-4-12-23/h1-3,5-6,14-15,23,25-26,32H,4,7-8,10-12,16-22H2,(H,29,31). The number of hydrogen-bond acceptors (Lipinski definition) is 3. The molecule has 0 radical (unpaired) electrons. The van der Waals surface area contributed by atoms with Gasteiger partial charge < -0.3 is 15.3 Å². The quantitative estimate of drug-likeness (QED) is 0.516. The van der Waals surface area contributed by atoms with Crippen LogP contribution < -0.4 is 5.32 Å². The summed E-state index contributed by atoms with van der Waals surface area (Å²) in [6.07, 6.45) is 14.8. The van der Waals surface area contributed by atoms with E-state index in [2.05, 4.69) is 34.2 Å². The SMILES string of the molecule is O=C(NC1CCN(CCC#CC2CC=CCC2)CC1)C(O)(c1ccccc1)C1CCCC1. The third kappa shape index (κ3) is 5.63. The van der Waals surface area contributed by atoms with Crippen LogP contribution in [0.3, 0.4) is 0 Å². The van der Waals surface area contributed by atoms with Crippen molar-refractivity contribution in [2.45, 2.75) is 75.9 Å². The van der Waals surface area contributed by atoms with Gasteiger partial charge in [-0.25, -0.2) is 0 Å². The van der Waals surface area contributed by atoms with Crippen LogP contribution in [-0.2, 0) is 10.4 Å². The van der Waals surface area contributed by atoms with Crippen LogP contribution >= 0.6 is 0 Å². The number of nitrogens with zero attached hydrogens (tertiary/aromatic N) is 1. The molecule has 2 fully saturated rings. The molecule has 1 aromatic rings. The Labute approximate surface area is 193 Å². The zero-order valence-electron chi connectivity index (χ0n) is 19.3. The van der Waals surface area contributed by atoms with E-state index in [9.17, 15) is 9.90 Å². The summed E-state index contributed by atoms with van der Waals surface area (Å²) >= 11 is 0. The molecule has 0 spiro atoms. The van der Waals surface area contributed by atoms with E-state index >= 15 is 0 Å². The minimum Gasteiger partial charge on any atom is -0.375 e. The number of nitrogens with one attached hydrogen (secondary N) is 1. The first-order valence-electron chi connectivity index (χ1n) is 12.6. The summed E-state index contributed by atoms with van der Waals surface area (Å²) in [4.78, 5) is 15.8. The lowest BCUT2D eigenvalue weighted by Gasteiger charge is -2.37. The Morgan fingerprint density at radius 3 is 2.50 bits per heavy atom. The van der Waals surface area contributed by atoms with Crippen LogP contribution in [0.25, 0.3) is 0 Å². The van der Waals surface area contributed by atoms with E-state index in [4.69, 9.17) is 0 Å². The highest BCUT2D eigenvalue weighted by molar-refractivity contribution is 5.87. The minimum atomic E-state index is -1.42. The van der Waals surface area contributed by atoms with E-state index in [1.54, 1.807) is 0 Å². The van der Waals surface area contributed by atoms with Crippen LogP contribution in [0.2, 0.25) is 0 Å². The van der Waals surface area contributed by atoms with E-state index in [1.807, 2.05) is 30.3 Å². The van der Waals surface area contributed by atoms with Gasteiger partial charge in [0.15, 0.2) is 5.60 Å². The smallest absolute Gasteiger partial charge is 0.257 e. The van der Waals surface area contributed by atoms with E-state index in [1.165, 1.54) is 12.8 Å². The van der Waals surface area contributed by atoms with Crippen molar-refractivity contribution < 1.29 is 9.90 Å². The Hall–Kier alpha value is -2.09. The second kappa shape index (κ2) is 11.2. The van der Waals surface area contributed by atoms with Crippen molar-refractivity contribution in [3.63, 3.8) is 0 Å². The van der Waals surface area contributed by atoms with Gasteiger partial charge in [0.05, 0.1) is 0 Å². The van der Waals surface area contributed by atoms with E-state index in [0.29, 0.717) is 5.92 Å². The average molecular weight is 435 g/mol.